The van der Waals surface area contributed by atoms with E-state index in [0.29, 0.717) is 12.0 Å². The van der Waals surface area contributed by atoms with Crippen LogP contribution in [0.15, 0.2) is 10.9 Å². The topological polar surface area (TPSA) is 52.2 Å². The normalized spacial score (nSPS) is 25.4. The summed E-state index contributed by atoms with van der Waals surface area (Å²) in [5.74, 6) is 2.22. The van der Waals surface area contributed by atoms with E-state index in [1.807, 2.05) is 0 Å². The Morgan fingerprint density at radius 3 is 2.89 bits per heavy atom. The lowest BCUT2D eigenvalue weighted by Crippen LogP contribution is -2.39. The van der Waals surface area contributed by atoms with Gasteiger partial charge in [0.2, 0.25) is 0 Å². The van der Waals surface area contributed by atoms with Gasteiger partial charge in [0.25, 0.3) is 5.56 Å². The highest BCUT2D eigenvalue weighted by molar-refractivity contribution is 5.39. The largest absolute Gasteiger partial charge is 0.352 e. The zero-order valence-corrected chi connectivity index (χ0v) is 11.7. The van der Waals surface area contributed by atoms with Gasteiger partial charge >= 0.3 is 0 Å². The van der Waals surface area contributed by atoms with E-state index in [1.165, 1.54) is 0 Å². The van der Waals surface area contributed by atoms with Crippen molar-refractivity contribution in [2.75, 3.05) is 31.6 Å². The fraction of sp³-hybridized carbons (Fsp3) is 0.714. The van der Waals surface area contributed by atoms with Crippen LogP contribution >= 0.6 is 0 Å². The monoisotopic (exact) mass is 262 g/mol. The Bertz CT molecular complexity index is 508. The molecular formula is C14H22N4O. The summed E-state index contributed by atoms with van der Waals surface area (Å²) in [5, 5.41) is 0. The predicted octanol–water partition coefficient (Wildman–Crippen LogP) is 1.18. The van der Waals surface area contributed by atoms with Gasteiger partial charge in [-0.1, -0.05) is 0 Å². The van der Waals surface area contributed by atoms with E-state index in [2.05, 4.69) is 33.7 Å². The quantitative estimate of drug-likeness (QED) is 0.869. The molecule has 1 aliphatic carbocycles. The fourth-order valence-corrected chi connectivity index (χ4v) is 2.87. The molecule has 0 aromatic carbocycles. The number of nitrogens with one attached hydrogen (secondary N) is 1. The third-order valence-corrected chi connectivity index (χ3v) is 4.05. The number of aromatic nitrogens is 2. The molecule has 1 saturated carbocycles. The Balaban J connectivity index is 1.89. The highest BCUT2D eigenvalue weighted by Gasteiger charge is 2.28. The SMILES string of the molecule is CC1CN(C)CCCN1c1cc(=O)[nH]c(C2CC2)n1. The van der Waals surface area contributed by atoms with Crippen LogP contribution in [0.1, 0.15) is 37.9 Å². The Labute approximate surface area is 113 Å². The van der Waals surface area contributed by atoms with Gasteiger partial charge in [-0.15, -0.1) is 0 Å². The minimum absolute atomic E-state index is 0.0169. The van der Waals surface area contributed by atoms with Crippen LogP contribution in [0.2, 0.25) is 0 Å². The minimum atomic E-state index is -0.0169. The second kappa shape index (κ2) is 4.96. The lowest BCUT2D eigenvalue weighted by Gasteiger charge is -2.29. The highest BCUT2D eigenvalue weighted by Crippen LogP contribution is 2.38. The number of nitrogens with zero attached hydrogens (tertiary/aromatic N) is 3. The van der Waals surface area contributed by atoms with Crippen molar-refractivity contribution in [3.63, 3.8) is 0 Å². The summed E-state index contributed by atoms with van der Waals surface area (Å²) in [5.41, 5.74) is -0.0169. The molecule has 1 saturated heterocycles. The predicted molar refractivity (Wildman–Crippen MR) is 75.8 cm³/mol. The van der Waals surface area contributed by atoms with Crippen LogP contribution in [0.4, 0.5) is 5.82 Å². The summed E-state index contributed by atoms with van der Waals surface area (Å²) in [6, 6.07) is 2.04. The number of hydrogen-bond donors (Lipinski definition) is 1. The number of H-pyrrole nitrogens is 1. The molecule has 2 fully saturated rings. The van der Waals surface area contributed by atoms with Crippen molar-refractivity contribution in [2.24, 2.45) is 0 Å². The molecule has 1 aliphatic heterocycles. The maximum atomic E-state index is 11.8. The number of likely N-dealkylation sites (N-methyl/N-ethyl adjacent to an activating group) is 1. The van der Waals surface area contributed by atoms with Gasteiger partial charge in [0.05, 0.1) is 0 Å². The van der Waals surface area contributed by atoms with Crippen molar-refractivity contribution in [1.29, 1.82) is 0 Å². The fourth-order valence-electron chi connectivity index (χ4n) is 2.87. The van der Waals surface area contributed by atoms with E-state index in [9.17, 15) is 4.79 Å². The van der Waals surface area contributed by atoms with Gasteiger partial charge in [-0.25, -0.2) is 4.98 Å². The first-order valence-electron chi connectivity index (χ1n) is 7.20. The number of rotatable bonds is 2. The number of anilines is 1. The standard InChI is InChI=1S/C14H22N4O/c1-10-9-17(2)6-3-7-18(10)12-8-13(19)16-14(15-12)11-4-5-11/h8,10-11H,3-7,9H2,1-2H3,(H,15,16,19). The molecule has 1 N–H and O–H groups in total. The van der Waals surface area contributed by atoms with Crippen LogP contribution in [0.3, 0.4) is 0 Å². The third kappa shape index (κ3) is 2.81. The Hall–Kier alpha value is -1.36. The second-order valence-corrected chi connectivity index (χ2v) is 5.92. The van der Waals surface area contributed by atoms with E-state index >= 15 is 0 Å². The maximum Gasteiger partial charge on any atom is 0.252 e. The highest BCUT2D eigenvalue weighted by atomic mass is 16.1. The summed E-state index contributed by atoms with van der Waals surface area (Å²) in [4.78, 5) is 24.0. The van der Waals surface area contributed by atoms with E-state index < -0.39 is 0 Å². The van der Waals surface area contributed by atoms with Gasteiger partial charge in [-0.3, -0.25) is 4.79 Å². The molecule has 3 rings (SSSR count). The van der Waals surface area contributed by atoms with E-state index in [-0.39, 0.29) is 5.56 Å². The number of hydrogen-bond acceptors (Lipinski definition) is 4. The zero-order valence-electron chi connectivity index (χ0n) is 11.7. The average molecular weight is 262 g/mol. The lowest BCUT2D eigenvalue weighted by molar-refractivity contribution is 0.337. The van der Waals surface area contributed by atoms with Gasteiger partial charge in [0, 0.05) is 31.1 Å². The Morgan fingerprint density at radius 2 is 2.16 bits per heavy atom. The molecule has 1 unspecified atom stereocenters. The Kier molecular flexibility index (Phi) is 3.31. The zero-order chi connectivity index (χ0) is 13.4. The van der Waals surface area contributed by atoms with Gasteiger partial charge in [-0.05, 0) is 39.8 Å². The number of aromatic amines is 1. The van der Waals surface area contributed by atoms with E-state index in [1.54, 1.807) is 6.07 Å². The van der Waals surface area contributed by atoms with Crippen LogP contribution in [0, 0.1) is 0 Å². The summed E-state index contributed by atoms with van der Waals surface area (Å²) in [6.07, 6.45) is 3.43. The van der Waals surface area contributed by atoms with Crippen LogP contribution in [0.5, 0.6) is 0 Å². The molecule has 0 spiro atoms. The first-order valence-corrected chi connectivity index (χ1v) is 7.20. The van der Waals surface area contributed by atoms with Crippen LogP contribution in [0.25, 0.3) is 0 Å². The smallest absolute Gasteiger partial charge is 0.252 e. The molecule has 5 nitrogen and oxygen atoms in total. The summed E-state index contributed by atoms with van der Waals surface area (Å²) in [7, 11) is 2.15. The molecule has 0 radical (unpaired) electrons. The third-order valence-electron chi connectivity index (χ3n) is 4.05. The minimum Gasteiger partial charge on any atom is -0.352 e. The molecule has 2 heterocycles. The molecule has 0 bridgehead atoms. The molecule has 1 atom stereocenters. The van der Waals surface area contributed by atoms with Gasteiger partial charge in [0.1, 0.15) is 11.6 Å². The first kappa shape index (κ1) is 12.7. The average Bonchev–Trinajstić information content (AvgIpc) is 3.16. The van der Waals surface area contributed by atoms with Gasteiger partial charge in [-0.2, -0.15) is 0 Å². The van der Waals surface area contributed by atoms with Crippen molar-refractivity contribution >= 4 is 5.82 Å². The maximum absolute atomic E-state index is 11.8. The first-order chi connectivity index (χ1) is 9.13. The van der Waals surface area contributed by atoms with Crippen molar-refractivity contribution in [2.45, 2.75) is 38.1 Å². The Morgan fingerprint density at radius 1 is 1.37 bits per heavy atom. The summed E-state index contributed by atoms with van der Waals surface area (Å²) in [6.45, 7) is 5.32. The van der Waals surface area contributed by atoms with Crippen LogP contribution < -0.4 is 10.5 Å². The molecule has 1 aromatic rings. The molecule has 5 heteroatoms. The van der Waals surface area contributed by atoms with E-state index in [0.717, 1.165) is 50.5 Å². The van der Waals surface area contributed by atoms with Crippen molar-refractivity contribution in [3.05, 3.63) is 22.2 Å². The summed E-state index contributed by atoms with van der Waals surface area (Å²) >= 11 is 0. The van der Waals surface area contributed by atoms with Crippen LogP contribution in [-0.4, -0.2) is 47.6 Å². The lowest BCUT2D eigenvalue weighted by atomic mass is 10.2. The van der Waals surface area contributed by atoms with Crippen molar-refractivity contribution in [1.82, 2.24) is 14.9 Å². The molecule has 104 valence electrons. The summed E-state index contributed by atoms with van der Waals surface area (Å²) < 4.78 is 0. The van der Waals surface area contributed by atoms with Crippen LogP contribution in [-0.2, 0) is 0 Å². The molecule has 0 amide bonds. The molecule has 2 aliphatic rings. The van der Waals surface area contributed by atoms with Gasteiger partial charge in [0.15, 0.2) is 0 Å². The van der Waals surface area contributed by atoms with Crippen molar-refractivity contribution in [3.8, 4) is 0 Å². The van der Waals surface area contributed by atoms with Gasteiger partial charge < -0.3 is 14.8 Å². The molecule has 19 heavy (non-hydrogen) atoms. The van der Waals surface area contributed by atoms with E-state index in [4.69, 9.17) is 0 Å². The van der Waals surface area contributed by atoms with Crippen molar-refractivity contribution < 1.29 is 0 Å². The molecule has 1 aromatic heterocycles. The molecular weight excluding hydrogens is 240 g/mol. The second-order valence-electron chi connectivity index (χ2n) is 5.92.